The largest absolute Gasteiger partial charge is 0.493 e. The third-order valence-corrected chi connectivity index (χ3v) is 5.42. The number of likely N-dealkylation sites (N-methyl/N-ethyl adjacent to an activating group) is 1. The van der Waals surface area contributed by atoms with Gasteiger partial charge in [-0.1, -0.05) is 18.2 Å². The third kappa shape index (κ3) is 6.09. The number of rotatable bonds is 8. The quantitative estimate of drug-likeness (QED) is 0.620. The smallest absolute Gasteiger partial charge is 0.471 e. The minimum absolute atomic E-state index is 0.135. The zero-order valence-corrected chi connectivity index (χ0v) is 17.5. The molecule has 0 aliphatic heterocycles. The fraction of sp³-hybridized carbons (Fsp3) is 0.286. The van der Waals surface area contributed by atoms with E-state index in [1.807, 2.05) is 6.07 Å². The Balaban J connectivity index is 2.30. The molecule has 0 aromatic heterocycles. The summed E-state index contributed by atoms with van der Waals surface area (Å²) >= 11 is 0. The molecule has 1 amide bonds. The molecule has 0 bridgehead atoms. The number of nitrogens with zero attached hydrogens (tertiary/aromatic N) is 1. The lowest BCUT2D eigenvalue weighted by atomic mass is 10.0. The molecule has 0 unspecified atom stereocenters. The van der Waals surface area contributed by atoms with Gasteiger partial charge in [0.05, 0.1) is 25.0 Å². The van der Waals surface area contributed by atoms with E-state index in [0.717, 1.165) is 7.05 Å². The third-order valence-electron chi connectivity index (χ3n) is 4.30. The Labute approximate surface area is 175 Å². The van der Waals surface area contributed by atoms with E-state index >= 15 is 0 Å². The molecule has 2 aromatic carbocycles. The zero-order chi connectivity index (χ0) is 22.3. The second-order valence-electron chi connectivity index (χ2n) is 6.29. The first-order chi connectivity index (χ1) is 14.2. The van der Waals surface area contributed by atoms with Crippen LogP contribution in [-0.2, 0) is 22.0 Å². The number of hydrogen-bond donors (Lipinski definition) is 0. The van der Waals surface area contributed by atoms with Crippen LogP contribution >= 0.6 is 0 Å². The molecular formula is C21H22F3NO4S. The maximum absolute atomic E-state index is 12.6. The normalized spacial score (nSPS) is 12.6. The maximum Gasteiger partial charge on any atom is 0.471 e. The van der Waals surface area contributed by atoms with Crippen LogP contribution in [0.3, 0.4) is 0 Å². The lowest BCUT2D eigenvalue weighted by Crippen LogP contribution is -2.39. The molecule has 9 heteroatoms. The van der Waals surface area contributed by atoms with Gasteiger partial charge in [-0.2, -0.15) is 13.2 Å². The number of amides is 1. The standard InChI is InChI=1S/C21H22F3NO4S/c1-25(20(26)21(22,23)24)11-9-15-13-18(28-2)19(29-3)14-16(15)10-12-30(27)17-7-5-4-6-8-17/h4-8,10,12-14H,9,11H2,1-3H3/b12-10-/t30-/m1/s1. The van der Waals surface area contributed by atoms with E-state index in [-0.39, 0.29) is 13.0 Å². The first-order valence-electron chi connectivity index (χ1n) is 8.88. The van der Waals surface area contributed by atoms with Crippen LogP contribution in [0, 0.1) is 0 Å². The number of benzene rings is 2. The molecule has 2 aromatic rings. The van der Waals surface area contributed by atoms with E-state index in [0.29, 0.717) is 32.4 Å². The maximum atomic E-state index is 12.6. The van der Waals surface area contributed by atoms with Crippen LogP contribution < -0.4 is 9.47 Å². The first-order valence-corrected chi connectivity index (χ1v) is 10.1. The minimum Gasteiger partial charge on any atom is -0.493 e. The molecule has 0 radical (unpaired) electrons. The Hall–Kier alpha value is -2.81. The van der Waals surface area contributed by atoms with Crippen molar-refractivity contribution in [3.63, 3.8) is 0 Å². The number of ether oxygens (including phenoxy) is 2. The van der Waals surface area contributed by atoms with Gasteiger partial charge < -0.3 is 14.4 Å². The van der Waals surface area contributed by atoms with Gasteiger partial charge in [0.1, 0.15) is 0 Å². The van der Waals surface area contributed by atoms with Gasteiger partial charge in [-0.3, -0.25) is 4.79 Å². The second-order valence-corrected chi connectivity index (χ2v) is 7.63. The molecule has 0 fully saturated rings. The van der Waals surface area contributed by atoms with Crippen molar-refractivity contribution in [1.82, 2.24) is 4.90 Å². The van der Waals surface area contributed by atoms with Crippen molar-refractivity contribution in [2.45, 2.75) is 17.5 Å². The summed E-state index contributed by atoms with van der Waals surface area (Å²) < 4.78 is 60.9. The van der Waals surface area contributed by atoms with E-state index in [4.69, 9.17) is 9.47 Å². The molecule has 0 aliphatic rings. The van der Waals surface area contributed by atoms with Gasteiger partial charge in [-0.25, -0.2) is 4.21 Å². The average Bonchev–Trinajstić information content (AvgIpc) is 2.74. The predicted molar refractivity (Wildman–Crippen MR) is 109 cm³/mol. The Morgan fingerprint density at radius 3 is 2.27 bits per heavy atom. The van der Waals surface area contributed by atoms with Crippen LogP contribution in [-0.4, -0.2) is 49.0 Å². The van der Waals surface area contributed by atoms with E-state index in [9.17, 15) is 22.2 Å². The highest BCUT2D eigenvalue weighted by Crippen LogP contribution is 2.32. The number of hydrogen-bond acceptors (Lipinski definition) is 4. The highest BCUT2D eigenvalue weighted by molar-refractivity contribution is 7.88. The van der Waals surface area contributed by atoms with Gasteiger partial charge in [0.25, 0.3) is 0 Å². The molecule has 0 aliphatic carbocycles. The van der Waals surface area contributed by atoms with E-state index in [1.165, 1.54) is 19.6 Å². The molecule has 162 valence electrons. The van der Waals surface area contributed by atoms with Gasteiger partial charge in [0.2, 0.25) is 0 Å². The number of methoxy groups -OCH3 is 2. The van der Waals surface area contributed by atoms with Crippen molar-refractivity contribution < 1.29 is 31.6 Å². The van der Waals surface area contributed by atoms with Crippen LogP contribution in [0.4, 0.5) is 13.2 Å². The van der Waals surface area contributed by atoms with Gasteiger partial charge in [-0.05, 0) is 47.9 Å². The molecule has 5 nitrogen and oxygen atoms in total. The van der Waals surface area contributed by atoms with Crippen molar-refractivity contribution in [3.05, 3.63) is 59.0 Å². The summed E-state index contributed by atoms with van der Waals surface area (Å²) in [5.41, 5.74) is 1.22. The minimum atomic E-state index is -4.93. The Morgan fingerprint density at radius 2 is 1.70 bits per heavy atom. The Morgan fingerprint density at radius 1 is 1.10 bits per heavy atom. The number of alkyl halides is 3. The van der Waals surface area contributed by atoms with Crippen molar-refractivity contribution in [2.75, 3.05) is 27.8 Å². The summed E-state index contributed by atoms with van der Waals surface area (Å²) in [4.78, 5) is 12.6. The fourth-order valence-electron chi connectivity index (χ4n) is 2.68. The summed E-state index contributed by atoms with van der Waals surface area (Å²) in [6, 6.07) is 12.1. The topological polar surface area (TPSA) is 55.8 Å². The SMILES string of the molecule is COc1cc(/C=C\[S@@](=O)c2ccccc2)c(CCN(C)C(=O)C(F)(F)F)cc1OC. The summed E-state index contributed by atoms with van der Waals surface area (Å²) in [6.45, 7) is -0.156. The van der Waals surface area contributed by atoms with Crippen molar-refractivity contribution in [3.8, 4) is 11.5 Å². The predicted octanol–water partition coefficient (Wildman–Crippen LogP) is 4.05. The number of carbonyl (C=O) groups is 1. The number of carbonyl (C=O) groups excluding carboxylic acids is 1. The zero-order valence-electron chi connectivity index (χ0n) is 16.7. The first kappa shape index (κ1) is 23.5. The molecule has 1 atom stereocenters. The molecule has 0 saturated heterocycles. The van der Waals surface area contributed by atoms with Crippen molar-refractivity contribution in [2.24, 2.45) is 0 Å². The lowest BCUT2D eigenvalue weighted by molar-refractivity contribution is -0.184. The lowest BCUT2D eigenvalue weighted by Gasteiger charge is -2.20. The van der Waals surface area contributed by atoms with Crippen LogP contribution in [0.1, 0.15) is 11.1 Å². The van der Waals surface area contributed by atoms with Crippen LogP contribution in [0.25, 0.3) is 6.08 Å². The van der Waals surface area contributed by atoms with Gasteiger partial charge in [-0.15, -0.1) is 0 Å². The molecule has 2 rings (SSSR count). The van der Waals surface area contributed by atoms with Gasteiger partial charge in [0.15, 0.2) is 11.5 Å². The average molecular weight is 441 g/mol. The van der Waals surface area contributed by atoms with Crippen LogP contribution in [0.2, 0.25) is 0 Å². The Kier molecular flexibility index (Phi) is 8.05. The number of halogens is 3. The van der Waals surface area contributed by atoms with E-state index < -0.39 is 22.9 Å². The molecule has 30 heavy (non-hydrogen) atoms. The summed E-state index contributed by atoms with van der Waals surface area (Å²) in [5.74, 6) is -1.09. The fourth-order valence-corrected chi connectivity index (χ4v) is 3.54. The van der Waals surface area contributed by atoms with Crippen LogP contribution in [0.15, 0.2) is 52.8 Å². The van der Waals surface area contributed by atoms with Gasteiger partial charge >= 0.3 is 12.1 Å². The highest BCUT2D eigenvalue weighted by atomic mass is 32.2. The molecule has 0 N–H and O–H groups in total. The van der Waals surface area contributed by atoms with E-state index in [2.05, 4.69) is 0 Å². The van der Waals surface area contributed by atoms with Crippen molar-refractivity contribution in [1.29, 1.82) is 0 Å². The van der Waals surface area contributed by atoms with Crippen LogP contribution in [0.5, 0.6) is 11.5 Å². The molecule has 0 spiro atoms. The highest BCUT2D eigenvalue weighted by Gasteiger charge is 2.41. The second kappa shape index (κ2) is 10.3. The monoisotopic (exact) mass is 441 g/mol. The summed E-state index contributed by atoms with van der Waals surface area (Å²) in [5, 5.41) is 1.49. The van der Waals surface area contributed by atoms with Crippen molar-refractivity contribution >= 4 is 22.8 Å². The summed E-state index contributed by atoms with van der Waals surface area (Å²) in [7, 11) is 2.59. The summed E-state index contributed by atoms with van der Waals surface area (Å²) in [6.07, 6.45) is -3.18. The Bertz CT molecular complexity index is 930. The molecule has 0 heterocycles. The molecular weight excluding hydrogens is 419 g/mol. The van der Waals surface area contributed by atoms with E-state index in [1.54, 1.807) is 42.5 Å². The van der Waals surface area contributed by atoms with Gasteiger partial charge in [0, 0.05) is 23.9 Å². The molecule has 0 saturated carbocycles.